The Kier molecular flexibility index (Phi) is 7.93. The van der Waals surface area contributed by atoms with Crippen LogP contribution in [-0.2, 0) is 5.41 Å². The highest BCUT2D eigenvalue weighted by Crippen LogP contribution is 2.63. The number of fused-ring (bicyclic) bond motifs is 16. The van der Waals surface area contributed by atoms with E-state index in [4.69, 9.17) is 15.0 Å². The molecule has 320 valence electrons. The van der Waals surface area contributed by atoms with Crippen LogP contribution in [0.15, 0.2) is 237 Å². The molecule has 15 rings (SSSR count). The molecule has 10 aromatic carbocycles. The van der Waals surface area contributed by atoms with Crippen LogP contribution < -0.4 is 0 Å². The molecule has 13 aromatic rings. The molecule has 5 nitrogen and oxygen atoms in total. The van der Waals surface area contributed by atoms with Crippen LogP contribution in [0.1, 0.15) is 22.3 Å². The van der Waals surface area contributed by atoms with E-state index in [1.54, 1.807) is 0 Å². The predicted molar refractivity (Wildman–Crippen MR) is 281 cm³/mol. The van der Waals surface area contributed by atoms with Crippen LogP contribution in [-0.4, -0.2) is 24.1 Å². The Morgan fingerprint density at radius 2 is 0.739 bits per heavy atom. The Morgan fingerprint density at radius 3 is 1.39 bits per heavy atom. The van der Waals surface area contributed by atoms with Crippen molar-refractivity contribution in [3.63, 3.8) is 0 Å². The smallest absolute Gasteiger partial charge is 0.240 e. The molecule has 0 unspecified atom stereocenters. The molecule has 0 radical (unpaired) electrons. The van der Waals surface area contributed by atoms with Crippen molar-refractivity contribution in [3.05, 3.63) is 259 Å². The van der Waals surface area contributed by atoms with Gasteiger partial charge in [0.2, 0.25) is 11.9 Å². The summed E-state index contributed by atoms with van der Waals surface area (Å²) in [5.41, 5.74) is 19.5. The fourth-order valence-electron chi connectivity index (χ4n) is 12.0. The van der Waals surface area contributed by atoms with Crippen molar-refractivity contribution in [2.24, 2.45) is 0 Å². The summed E-state index contributed by atoms with van der Waals surface area (Å²) in [7, 11) is 0. The first-order valence-corrected chi connectivity index (χ1v) is 23.6. The summed E-state index contributed by atoms with van der Waals surface area (Å²) in [6.07, 6.45) is 0. The summed E-state index contributed by atoms with van der Waals surface area (Å²) in [6.45, 7) is 0. The summed E-state index contributed by atoms with van der Waals surface area (Å²) >= 11 is 0. The second kappa shape index (κ2) is 14.4. The van der Waals surface area contributed by atoms with Gasteiger partial charge in [0.15, 0.2) is 5.82 Å². The number of aromatic nitrogens is 5. The second-order valence-corrected chi connectivity index (χ2v) is 18.3. The van der Waals surface area contributed by atoms with Crippen LogP contribution in [0.4, 0.5) is 0 Å². The van der Waals surface area contributed by atoms with Gasteiger partial charge >= 0.3 is 0 Å². The van der Waals surface area contributed by atoms with Crippen molar-refractivity contribution in [3.8, 4) is 67.8 Å². The molecular weight excluding hydrogens is 839 g/mol. The molecule has 69 heavy (non-hydrogen) atoms. The van der Waals surface area contributed by atoms with E-state index < -0.39 is 5.41 Å². The van der Waals surface area contributed by atoms with E-state index >= 15 is 0 Å². The molecule has 3 heterocycles. The summed E-state index contributed by atoms with van der Waals surface area (Å²) in [6, 6.07) is 85.5. The minimum Gasteiger partial charge on any atom is -0.278 e. The quantitative estimate of drug-likeness (QED) is 0.173. The van der Waals surface area contributed by atoms with Crippen LogP contribution in [0.3, 0.4) is 0 Å². The second-order valence-electron chi connectivity index (χ2n) is 18.3. The molecule has 0 saturated carbocycles. The standard InChI is InChI=1S/C64H39N5/c1-3-18-40(19-4-1)41-34-36-43(37-35-41)61-65-62(68-57-32-16-11-26-49(57)60-44(27-17-33-58(60)68)42-20-5-2-6-21-42)67-63(66-61)69-56-31-15-10-25-48(56)51-38-55-50(39-59(51)69)47-24-9-14-30-54(47)64(55)52-28-12-7-22-45(52)46-23-8-13-29-53(46)64/h1-39H. The molecule has 2 aliphatic carbocycles. The Labute approximate surface area is 397 Å². The molecule has 5 heteroatoms. The van der Waals surface area contributed by atoms with E-state index in [2.05, 4.69) is 246 Å². The lowest BCUT2D eigenvalue weighted by Gasteiger charge is -2.30. The highest BCUT2D eigenvalue weighted by molar-refractivity contribution is 6.16. The maximum Gasteiger partial charge on any atom is 0.240 e. The van der Waals surface area contributed by atoms with Gasteiger partial charge in [0, 0.05) is 27.1 Å². The lowest BCUT2D eigenvalue weighted by Crippen LogP contribution is -2.25. The van der Waals surface area contributed by atoms with Crippen molar-refractivity contribution in [1.82, 2.24) is 24.1 Å². The molecule has 0 saturated heterocycles. The summed E-state index contributed by atoms with van der Waals surface area (Å²) in [4.78, 5) is 16.5. The number of hydrogen-bond acceptors (Lipinski definition) is 3. The van der Waals surface area contributed by atoms with Gasteiger partial charge in [-0.05, 0) is 97.1 Å². The van der Waals surface area contributed by atoms with Crippen LogP contribution in [0.5, 0.6) is 0 Å². The minimum atomic E-state index is -0.467. The Balaban J connectivity index is 1.02. The Hall–Kier alpha value is -9.19. The van der Waals surface area contributed by atoms with Gasteiger partial charge in [-0.25, -0.2) is 0 Å². The normalized spacial score (nSPS) is 13.0. The first kappa shape index (κ1) is 38.0. The minimum absolute atomic E-state index is 0.467. The summed E-state index contributed by atoms with van der Waals surface area (Å²) < 4.78 is 4.50. The van der Waals surface area contributed by atoms with Gasteiger partial charge in [-0.3, -0.25) is 9.13 Å². The molecule has 0 N–H and O–H groups in total. The maximum atomic E-state index is 5.58. The van der Waals surface area contributed by atoms with Gasteiger partial charge in [0.05, 0.1) is 27.5 Å². The van der Waals surface area contributed by atoms with Gasteiger partial charge in [0.1, 0.15) is 0 Å². The molecule has 0 fully saturated rings. The van der Waals surface area contributed by atoms with Crippen molar-refractivity contribution in [2.45, 2.75) is 5.41 Å². The molecular formula is C64H39N5. The van der Waals surface area contributed by atoms with Gasteiger partial charge in [-0.2, -0.15) is 15.0 Å². The zero-order valence-corrected chi connectivity index (χ0v) is 37.3. The summed E-state index contributed by atoms with van der Waals surface area (Å²) in [5, 5.41) is 4.59. The molecule has 0 amide bonds. The topological polar surface area (TPSA) is 48.5 Å². The third kappa shape index (κ3) is 5.27. The van der Waals surface area contributed by atoms with Crippen LogP contribution in [0, 0.1) is 0 Å². The van der Waals surface area contributed by atoms with Crippen molar-refractivity contribution >= 4 is 43.6 Å². The van der Waals surface area contributed by atoms with E-state index in [1.165, 1.54) is 44.5 Å². The SMILES string of the molecule is c1ccc(-c2ccc(-c3nc(-n4c5ccccc5c5cc6c(cc54)-c4ccccc4C64c5ccccc5-c5ccccc54)nc(-n4c5ccccc5c5c(-c6ccccc6)cccc54)n3)cc2)cc1. The lowest BCUT2D eigenvalue weighted by atomic mass is 9.70. The fraction of sp³-hybridized carbons (Fsp3) is 0.0156. The fourth-order valence-corrected chi connectivity index (χ4v) is 12.0. The number of hydrogen-bond donors (Lipinski definition) is 0. The molecule has 0 aliphatic heterocycles. The Bertz CT molecular complexity index is 4190. The van der Waals surface area contributed by atoms with E-state index in [-0.39, 0.29) is 0 Å². The Morgan fingerprint density at radius 1 is 0.275 bits per heavy atom. The predicted octanol–water partition coefficient (Wildman–Crippen LogP) is 15.4. The van der Waals surface area contributed by atoms with Crippen LogP contribution >= 0.6 is 0 Å². The van der Waals surface area contributed by atoms with Gasteiger partial charge in [0.25, 0.3) is 0 Å². The number of benzene rings is 10. The molecule has 0 atom stereocenters. The average Bonchev–Trinajstić information content (AvgIpc) is 4.13. The van der Waals surface area contributed by atoms with Crippen molar-refractivity contribution < 1.29 is 0 Å². The molecule has 0 bridgehead atoms. The monoisotopic (exact) mass is 877 g/mol. The number of rotatable bonds is 5. The third-order valence-corrected chi connectivity index (χ3v) is 14.8. The first-order chi connectivity index (χ1) is 34.2. The summed E-state index contributed by atoms with van der Waals surface area (Å²) in [5.74, 6) is 1.69. The van der Waals surface area contributed by atoms with Crippen LogP contribution in [0.2, 0.25) is 0 Å². The number of nitrogens with zero attached hydrogens (tertiary/aromatic N) is 5. The van der Waals surface area contributed by atoms with E-state index in [0.29, 0.717) is 17.7 Å². The molecule has 3 aromatic heterocycles. The van der Waals surface area contributed by atoms with E-state index in [0.717, 1.165) is 71.4 Å². The van der Waals surface area contributed by atoms with Gasteiger partial charge in [-0.1, -0.05) is 206 Å². The molecule has 2 aliphatic rings. The maximum absolute atomic E-state index is 5.58. The lowest BCUT2D eigenvalue weighted by molar-refractivity contribution is 0.795. The van der Waals surface area contributed by atoms with E-state index in [1.807, 2.05) is 0 Å². The van der Waals surface area contributed by atoms with Gasteiger partial charge < -0.3 is 0 Å². The van der Waals surface area contributed by atoms with E-state index in [9.17, 15) is 0 Å². The van der Waals surface area contributed by atoms with Gasteiger partial charge in [-0.15, -0.1) is 0 Å². The third-order valence-electron chi connectivity index (χ3n) is 14.8. The zero-order valence-electron chi connectivity index (χ0n) is 37.3. The zero-order chi connectivity index (χ0) is 45.2. The van der Waals surface area contributed by atoms with Crippen LogP contribution in [0.25, 0.3) is 111 Å². The number of para-hydroxylation sites is 2. The first-order valence-electron chi connectivity index (χ1n) is 23.6. The van der Waals surface area contributed by atoms with Crippen molar-refractivity contribution in [2.75, 3.05) is 0 Å². The highest BCUT2D eigenvalue weighted by Gasteiger charge is 2.51. The molecule has 1 spiro atoms. The highest BCUT2D eigenvalue weighted by atomic mass is 15.3. The van der Waals surface area contributed by atoms with Crippen molar-refractivity contribution in [1.29, 1.82) is 0 Å². The largest absolute Gasteiger partial charge is 0.278 e. The average molecular weight is 878 g/mol.